The molecule has 0 aromatic carbocycles. The van der Waals surface area contributed by atoms with Gasteiger partial charge in [-0.1, -0.05) is 0 Å². The fourth-order valence-electron chi connectivity index (χ4n) is 1.71. The summed E-state index contributed by atoms with van der Waals surface area (Å²) in [5.41, 5.74) is 9.73. The van der Waals surface area contributed by atoms with Crippen LogP contribution in [0.25, 0.3) is 11.4 Å². The fourth-order valence-corrected chi connectivity index (χ4v) is 1.71. The van der Waals surface area contributed by atoms with Crippen LogP contribution in [-0.2, 0) is 14.1 Å². The Bertz CT molecular complexity index is 506. The summed E-state index contributed by atoms with van der Waals surface area (Å²) in [5, 5.41) is 8.75. The standard InChI is InChI=1S/C10H15N5/c1-6-5-14(3)12-8(6)9-7(2)10(11)15(4)13-9/h5H,11H2,1-4H3. The average Bonchev–Trinajstić information content (AvgIpc) is 2.61. The third-order valence-electron chi connectivity index (χ3n) is 2.57. The van der Waals surface area contributed by atoms with Crippen LogP contribution in [0.4, 0.5) is 5.82 Å². The van der Waals surface area contributed by atoms with Crippen LogP contribution in [0.3, 0.4) is 0 Å². The first-order valence-electron chi connectivity index (χ1n) is 4.80. The first-order valence-corrected chi connectivity index (χ1v) is 4.80. The van der Waals surface area contributed by atoms with Gasteiger partial charge in [0.2, 0.25) is 0 Å². The molecule has 0 bridgehead atoms. The van der Waals surface area contributed by atoms with Gasteiger partial charge in [0.1, 0.15) is 17.2 Å². The van der Waals surface area contributed by atoms with Gasteiger partial charge in [-0.2, -0.15) is 10.2 Å². The molecule has 0 aliphatic heterocycles. The summed E-state index contributed by atoms with van der Waals surface area (Å²) in [7, 11) is 3.74. The number of aromatic nitrogens is 4. The molecule has 0 fully saturated rings. The van der Waals surface area contributed by atoms with Crippen LogP contribution in [0.2, 0.25) is 0 Å². The highest BCUT2D eigenvalue weighted by molar-refractivity contribution is 5.67. The highest BCUT2D eigenvalue weighted by atomic mass is 15.3. The first-order chi connectivity index (χ1) is 7.00. The lowest BCUT2D eigenvalue weighted by atomic mass is 10.1. The van der Waals surface area contributed by atoms with Crippen molar-refractivity contribution < 1.29 is 0 Å². The maximum absolute atomic E-state index is 5.86. The van der Waals surface area contributed by atoms with Crippen molar-refractivity contribution in [2.75, 3.05) is 5.73 Å². The van der Waals surface area contributed by atoms with E-state index >= 15 is 0 Å². The van der Waals surface area contributed by atoms with E-state index in [4.69, 9.17) is 5.73 Å². The predicted octanol–water partition coefficient (Wildman–Crippen LogP) is 1.02. The number of nitrogens with two attached hydrogens (primary N) is 1. The molecule has 2 N–H and O–H groups in total. The molecule has 15 heavy (non-hydrogen) atoms. The van der Waals surface area contributed by atoms with Crippen LogP contribution < -0.4 is 5.73 Å². The van der Waals surface area contributed by atoms with E-state index < -0.39 is 0 Å². The topological polar surface area (TPSA) is 61.7 Å². The Labute approximate surface area is 88.5 Å². The Morgan fingerprint density at radius 2 is 1.80 bits per heavy atom. The average molecular weight is 205 g/mol. The predicted molar refractivity (Wildman–Crippen MR) is 59.3 cm³/mol. The summed E-state index contributed by atoms with van der Waals surface area (Å²) in [5.74, 6) is 0.690. The van der Waals surface area contributed by atoms with E-state index in [9.17, 15) is 0 Å². The van der Waals surface area contributed by atoms with Gasteiger partial charge in [-0.15, -0.1) is 0 Å². The van der Waals surface area contributed by atoms with Crippen molar-refractivity contribution in [2.24, 2.45) is 14.1 Å². The minimum atomic E-state index is 0.690. The highest BCUT2D eigenvalue weighted by Gasteiger charge is 2.15. The van der Waals surface area contributed by atoms with Crippen LogP contribution in [0.5, 0.6) is 0 Å². The lowest BCUT2D eigenvalue weighted by molar-refractivity contribution is 0.760. The number of anilines is 1. The molecule has 0 amide bonds. The first kappa shape index (κ1) is 9.76. The third kappa shape index (κ3) is 1.40. The largest absolute Gasteiger partial charge is 0.384 e. The molecule has 0 spiro atoms. The third-order valence-corrected chi connectivity index (χ3v) is 2.57. The molecule has 2 aromatic rings. The molecule has 0 unspecified atom stereocenters. The summed E-state index contributed by atoms with van der Waals surface area (Å²) in [6, 6.07) is 0. The molecule has 5 nitrogen and oxygen atoms in total. The Kier molecular flexibility index (Phi) is 2.03. The van der Waals surface area contributed by atoms with Crippen molar-refractivity contribution in [1.29, 1.82) is 0 Å². The lowest BCUT2D eigenvalue weighted by Gasteiger charge is -1.94. The molecule has 0 radical (unpaired) electrons. The quantitative estimate of drug-likeness (QED) is 0.756. The van der Waals surface area contributed by atoms with E-state index in [-0.39, 0.29) is 0 Å². The van der Waals surface area contributed by atoms with Crippen LogP contribution in [0.15, 0.2) is 6.20 Å². The summed E-state index contributed by atoms with van der Waals surface area (Å²) < 4.78 is 3.47. The number of hydrogen-bond acceptors (Lipinski definition) is 3. The molecule has 0 saturated carbocycles. The van der Waals surface area contributed by atoms with Crippen molar-refractivity contribution >= 4 is 5.82 Å². The van der Waals surface area contributed by atoms with E-state index in [1.54, 1.807) is 9.36 Å². The number of aryl methyl sites for hydroxylation is 3. The normalized spacial score (nSPS) is 10.9. The second-order valence-corrected chi connectivity index (χ2v) is 3.82. The Morgan fingerprint density at radius 1 is 1.13 bits per heavy atom. The molecule has 80 valence electrons. The van der Waals surface area contributed by atoms with Gasteiger partial charge in [0.15, 0.2) is 0 Å². The van der Waals surface area contributed by atoms with E-state index in [0.29, 0.717) is 5.82 Å². The van der Waals surface area contributed by atoms with Gasteiger partial charge in [-0.3, -0.25) is 9.36 Å². The molecular formula is C10H15N5. The van der Waals surface area contributed by atoms with E-state index in [0.717, 1.165) is 22.5 Å². The fraction of sp³-hybridized carbons (Fsp3) is 0.400. The Hall–Kier alpha value is -1.78. The van der Waals surface area contributed by atoms with Crippen molar-refractivity contribution in [3.05, 3.63) is 17.3 Å². The number of rotatable bonds is 1. The molecule has 5 heteroatoms. The van der Waals surface area contributed by atoms with Gasteiger partial charge in [0, 0.05) is 25.9 Å². The van der Waals surface area contributed by atoms with E-state index in [1.165, 1.54) is 0 Å². The molecule has 0 saturated heterocycles. The zero-order chi connectivity index (χ0) is 11.2. The SMILES string of the molecule is Cc1cn(C)nc1-c1nn(C)c(N)c1C. The summed E-state index contributed by atoms with van der Waals surface area (Å²) in [6.45, 7) is 3.98. The molecule has 0 atom stereocenters. The van der Waals surface area contributed by atoms with Crippen LogP contribution >= 0.6 is 0 Å². The maximum atomic E-state index is 5.86. The van der Waals surface area contributed by atoms with Gasteiger partial charge in [-0.05, 0) is 19.4 Å². The van der Waals surface area contributed by atoms with E-state index in [1.807, 2.05) is 34.1 Å². The molecule has 2 heterocycles. The number of nitrogen functional groups attached to an aromatic ring is 1. The summed E-state index contributed by atoms with van der Waals surface area (Å²) in [4.78, 5) is 0. The molecule has 0 aliphatic rings. The zero-order valence-electron chi connectivity index (χ0n) is 9.44. The minimum absolute atomic E-state index is 0.690. The van der Waals surface area contributed by atoms with Gasteiger partial charge in [0.05, 0.1) is 0 Å². The monoisotopic (exact) mass is 205 g/mol. The van der Waals surface area contributed by atoms with Gasteiger partial charge in [0.25, 0.3) is 0 Å². The van der Waals surface area contributed by atoms with Gasteiger partial charge < -0.3 is 5.73 Å². The van der Waals surface area contributed by atoms with Gasteiger partial charge >= 0.3 is 0 Å². The molecule has 2 aromatic heterocycles. The second-order valence-electron chi connectivity index (χ2n) is 3.82. The number of nitrogens with zero attached hydrogens (tertiary/aromatic N) is 4. The van der Waals surface area contributed by atoms with Crippen molar-refractivity contribution in [3.63, 3.8) is 0 Å². The molecular weight excluding hydrogens is 190 g/mol. The van der Waals surface area contributed by atoms with Crippen LogP contribution in [0, 0.1) is 13.8 Å². The minimum Gasteiger partial charge on any atom is -0.384 e. The second kappa shape index (κ2) is 3.12. The highest BCUT2D eigenvalue weighted by Crippen LogP contribution is 2.26. The molecule has 2 rings (SSSR count). The maximum Gasteiger partial charge on any atom is 0.124 e. The van der Waals surface area contributed by atoms with Crippen LogP contribution in [0.1, 0.15) is 11.1 Å². The molecule has 0 aliphatic carbocycles. The smallest absolute Gasteiger partial charge is 0.124 e. The summed E-state index contributed by atoms with van der Waals surface area (Å²) in [6.07, 6.45) is 1.97. The lowest BCUT2D eigenvalue weighted by Crippen LogP contribution is -1.97. The summed E-state index contributed by atoms with van der Waals surface area (Å²) >= 11 is 0. The van der Waals surface area contributed by atoms with Crippen molar-refractivity contribution in [1.82, 2.24) is 19.6 Å². The zero-order valence-corrected chi connectivity index (χ0v) is 9.44. The van der Waals surface area contributed by atoms with Crippen LogP contribution in [-0.4, -0.2) is 19.6 Å². The Balaban J connectivity index is 2.64. The van der Waals surface area contributed by atoms with Crippen molar-refractivity contribution in [2.45, 2.75) is 13.8 Å². The Morgan fingerprint density at radius 3 is 2.20 bits per heavy atom. The van der Waals surface area contributed by atoms with Crippen molar-refractivity contribution in [3.8, 4) is 11.4 Å². The van der Waals surface area contributed by atoms with Gasteiger partial charge in [-0.25, -0.2) is 0 Å². The number of hydrogen-bond donors (Lipinski definition) is 1. The van der Waals surface area contributed by atoms with E-state index in [2.05, 4.69) is 10.2 Å².